The molecule has 2 heterocycles. The van der Waals surface area contributed by atoms with Crippen molar-refractivity contribution in [2.75, 3.05) is 25.6 Å². The topological polar surface area (TPSA) is 64.9 Å². The fourth-order valence-electron chi connectivity index (χ4n) is 1.78. The highest BCUT2D eigenvalue weighted by Crippen LogP contribution is 2.19. The van der Waals surface area contributed by atoms with Crippen LogP contribution in [0, 0.1) is 0 Å². The zero-order valence-electron chi connectivity index (χ0n) is 11.6. The smallest absolute Gasteiger partial charge is 0.133 e. The highest BCUT2D eigenvalue weighted by molar-refractivity contribution is 5.60. The Morgan fingerprint density at radius 1 is 1.37 bits per heavy atom. The first-order chi connectivity index (χ1) is 9.22. The molecular weight excluding hydrogens is 242 g/mol. The first kappa shape index (κ1) is 13.5. The van der Waals surface area contributed by atoms with Gasteiger partial charge in [-0.25, -0.2) is 9.97 Å². The number of ether oxygens (including phenoxy) is 1. The average molecular weight is 261 g/mol. The Hall–Kier alpha value is -1.95. The van der Waals surface area contributed by atoms with E-state index in [-0.39, 0.29) is 0 Å². The second-order valence-corrected chi connectivity index (χ2v) is 4.23. The predicted octanol–water partition coefficient (Wildman–Crippen LogP) is 1.50. The standard InChI is InChI=1S/C13H19N5O/c1-4-14-13-7-11(10-8-15-18(2)9-10)16-12(17-13)5-6-19-3/h7-9H,4-6H2,1-3H3,(H,14,16,17). The van der Waals surface area contributed by atoms with E-state index in [0.29, 0.717) is 13.0 Å². The minimum absolute atomic E-state index is 0.613. The van der Waals surface area contributed by atoms with Gasteiger partial charge in [-0.3, -0.25) is 4.68 Å². The maximum atomic E-state index is 5.08. The molecule has 0 aliphatic rings. The van der Waals surface area contributed by atoms with Crippen LogP contribution < -0.4 is 5.32 Å². The fourth-order valence-corrected chi connectivity index (χ4v) is 1.78. The largest absolute Gasteiger partial charge is 0.384 e. The number of hydrogen-bond acceptors (Lipinski definition) is 5. The summed E-state index contributed by atoms with van der Waals surface area (Å²) < 4.78 is 6.84. The molecule has 6 heteroatoms. The Bertz CT molecular complexity index is 538. The Balaban J connectivity index is 2.33. The maximum Gasteiger partial charge on any atom is 0.133 e. The molecule has 0 saturated carbocycles. The van der Waals surface area contributed by atoms with Gasteiger partial charge >= 0.3 is 0 Å². The molecule has 0 radical (unpaired) electrons. The normalized spacial score (nSPS) is 10.7. The summed E-state index contributed by atoms with van der Waals surface area (Å²) in [5, 5.41) is 7.39. The van der Waals surface area contributed by atoms with E-state index in [9.17, 15) is 0 Å². The number of hydrogen-bond donors (Lipinski definition) is 1. The highest BCUT2D eigenvalue weighted by Gasteiger charge is 2.08. The van der Waals surface area contributed by atoms with E-state index in [4.69, 9.17) is 4.74 Å². The molecule has 0 spiro atoms. The number of anilines is 1. The summed E-state index contributed by atoms with van der Waals surface area (Å²) in [5.41, 5.74) is 1.87. The first-order valence-electron chi connectivity index (χ1n) is 6.32. The van der Waals surface area contributed by atoms with Gasteiger partial charge in [0.1, 0.15) is 11.6 Å². The lowest BCUT2D eigenvalue weighted by atomic mass is 10.2. The van der Waals surface area contributed by atoms with Crippen molar-refractivity contribution in [2.45, 2.75) is 13.3 Å². The lowest BCUT2D eigenvalue weighted by molar-refractivity contribution is 0.200. The summed E-state index contributed by atoms with van der Waals surface area (Å²) in [4.78, 5) is 9.02. The number of nitrogens with zero attached hydrogens (tertiary/aromatic N) is 4. The summed E-state index contributed by atoms with van der Waals surface area (Å²) in [6.45, 7) is 3.48. The Kier molecular flexibility index (Phi) is 4.46. The predicted molar refractivity (Wildman–Crippen MR) is 74.0 cm³/mol. The molecule has 0 aliphatic carbocycles. The van der Waals surface area contributed by atoms with Gasteiger partial charge in [0.2, 0.25) is 0 Å². The quantitative estimate of drug-likeness (QED) is 0.853. The molecule has 0 aromatic carbocycles. The molecule has 0 fully saturated rings. The summed E-state index contributed by atoms with van der Waals surface area (Å²) >= 11 is 0. The van der Waals surface area contributed by atoms with Crippen LogP contribution in [0.1, 0.15) is 12.7 Å². The molecule has 2 rings (SSSR count). The van der Waals surface area contributed by atoms with E-state index in [1.54, 1.807) is 18.0 Å². The van der Waals surface area contributed by atoms with Crippen LogP contribution in [0.4, 0.5) is 5.82 Å². The third-order valence-electron chi connectivity index (χ3n) is 2.66. The number of aryl methyl sites for hydroxylation is 1. The Morgan fingerprint density at radius 3 is 2.84 bits per heavy atom. The van der Waals surface area contributed by atoms with Gasteiger partial charge in [0, 0.05) is 44.9 Å². The monoisotopic (exact) mass is 261 g/mol. The van der Waals surface area contributed by atoms with Crippen molar-refractivity contribution in [3.05, 3.63) is 24.3 Å². The number of nitrogens with one attached hydrogen (secondary N) is 1. The molecule has 1 N–H and O–H groups in total. The number of methoxy groups -OCH3 is 1. The third-order valence-corrected chi connectivity index (χ3v) is 2.66. The number of aromatic nitrogens is 4. The van der Waals surface area contributed by atoms with Gasteiger partial charge in [0.05, 0.1) is 18.5 Å². The molecule has 0 atom stereocenters. The highest BCUT2D eigenvalue weighted by atomic mass is 16.5. The summed E-state index contributed by atoms with van der Waals surface area (Å²) in [7, 11) is 3.57. The van der Waals surface area contributed by atoms with Crippen molar-refractivity contribution in [3.63, 3.8) is 0 Å². The van der Waals surface area contributed by atoms with Crippen molar-refractivity contribution in [1.29, 1.82) is 0 Å². The van der Waals surface area contributed by atoms with E-state index in [0.717, 1.165) is 29.4 Å². The molecule has 0 aliphatic heterocycles. The SMILES string of the molecule is CCNc1cc(-c2cnn(C)c2)nc(CCOC)n1. The van der Waals surface area contributed by atoms with Gasteiger partial charge in [-0.1, -0.05) is 0 Å². The maximum absolute atomic E-state index is 5.08. The van der Waals surface area contributed by atoms with Crippen molar-refractivity contribution >= 4 is 5.82 Å². The fraction of sp³-hybridized carbons (Fsp3) is 0.462. The summed E-state index contributed by atoms with van der Waals surface area (Å²) in [6, 6.07) is 1.94. The van der Waals surface area contributed by atoms with Gasteiger partial charge in [-0.15, -0.1) is 0 Å². The molecule has 19 heavy (non-hydrogen) atoms. The summed E-state index contributed by atoms with van der Waals surface area (Å²) in [5.74, 6) is 1.61. The van der Waals surface area contributed by atoms with Crippen LogP contribution >= 0.6 is 0 Å². The van der Waals surface area contributed by atoms with Gasteiger partial charge in [0.15, 0.2) is 0 Å². The Morgan fingerprint density at radius 2 is 2.21 bits per heavy atom. The van der Waals surface area contributed by atoms with Crippen LogP contribution in [0.25, 0.3) is 11.3 Å². The zero-order valence-corrected chi connectivity index (χ0v) is 11.6. The van der Waals surface area contributed by atoms with E-state index >= 15 is 0 Å². The van der Waals surface area contributed by atoms with Crippen LogP contribution in [0.2, 0.25) is 0 Å². The summed E-state index contributed by atoms with van der Waals surface area (Å²) in [6.07, 6.45) is 4.44. The van der Waals surface area contributed by atoms with Crippen molar-refractivity contribution in [3.8, 4) is 11.3 Å². The van der Waals surface area contributed by atoms with Crippen molar-refractivity contribution < 1.29 is 4.74 Å². The van der Waals surface area contributed by atoms with Gasteiger partial charge in [-0.05, 0) is 6.92 Å². The Labute approximate surface area is 112 Å². The molecular formula is C13H19N5O. The number of rotatable bonds is 6. The van der Waals surface area contributed by atoms with Crippen molar-refractivity contribution in [2.24, 2.45) is 7.05 Å². The lowest BCUT2D eigenvalue weighted by Crippen LogP contribution is -2.06. The third kappa shape index (κ3) is 3.51. The van der Waals surface area contributed by atoms with Crippen LogP contribution in [0.5, 0.6) is 0 Å². The zero-order chi connectivity index (χ0) is 13.7. The molecule has 0 saturated heterocycles. The van der Waals surface area contributed by atoms with Gasteiger partial charge in [0.25, 0.3) is 0 Å². The average Bonchev–Trinajstić information content (AvgIpc) is 2.83. The molecule has 2 aromatic heterocycles. The van der Waals surface area contributed by atoms with E-state index in [1.807, 2.05) is 26.2 Å². The van der Waals surface area contributed by atoms with Gasteiger partial charge < -0.3 is 10.1 Å². The lowest BCUT2D eigenvalue weighted by Gasteiger charge is -2.07. The molecule has 2 aromatic rings. The minimum Gasteiger partial charge on any atom is -0.384 e. The molecule has 0 unspecified atom stereocenters. The van der Waals surface area contributed by atoms with Crippen LogP contribution in [-0.2, 0) is 18.2 Å². The van der Waals surface area contributed by atoms with Crippen LogP contribution in [0.3, 0.4) is 0 Å². The minimum atomic E-state index is 0.613. The molecule has 0 bridgehead atoms. The van der Waals surface area contributed by atoms with E-state index < -0.39 is 0 Å². The van der Waals surface area contributed by atoms with Crippen LogP contribution in [-0.4, -0.2) is 40.0 Å². The van der Waals surface area contributed by atoms with Gasteiger partial charge in [-0.2, -0.15) is 5.10 Å². The second kappa shape index (κ2) is 6.29. The van der Waals surface area contributed by atoms with E-state index in [1.165, 1.54) is 0 Å². The van der Waals surface area contributed by atoms with E-state index in [2.05, 4.69) is 20.4 Å². The molecule has 6 nitrogen and oxygen atoms in total. The van der Waals surface area contributed by atoms with Crippen molar-refractivity contribution in [1.82, 2.24) is 19.7 Å². The first-order valence-corrected chi connectivity index (χ1v) is 6.32. The molecule has 0 amide bonds. The molecule has 102 valence electrons. The van der Waals surface area contributed by atoms with Crippen LogP contribution in [0.15, 0.2) is 18.5 Å². The second-order valence-electron chi connectivity index (χ2n) is 4.23.